The summed E-state index contributed by atoms with van der Waals surface area (Å²) in [6, 6.07) is 13.7. The highest BCUT2D eigenvalue weighted by Gasteiger charge is 2.55. The second-order valence-electron chi connectivity index (χ2n) is 11.5. The molecule has 2 aliphatic rings. The van der Waals surface area contributed by atoms with E-state index in [0.717, 1.165) is 11.1 Å². The molecule has 0 aromatic heterocycles. The van der Waals surface area contributed by atoms with Crippen LogP contribution < -0.4 is 0 Å². The van der Waals surface area contributed by atoms with Crippen LogP contribution in [0.3, 0.4) is 0 Å². The van der Waals surface area contributed by atoms with E-state index >= 15 is 0 Å². The van der Waals surface area contributed by atoms with Crippen molar-refractivity contribution in [2.75, 3.05) is 13.6 Å². The fraction of sp³-hybridized carbons (Fsp3) is 0.517. The summed E-state index contributed by atoms with van der Waals surface area (Å²) >= 11 is 12.6. The number of likely N-dealkylation sites (N-methyl/N-ethyl adjacent to an activating group) is 1. The lowest BCUT2D eigenvalue weighted by molar-refractivity contribution is -0.160. The second kappa shape index (κ2) is 11.0. The highest BCUT2D eigenvalue weighted by Crippen LogP contribution is 2.52. The van der Waals surface area contributed by atoms with Crippen LogP contribution in [-0.4, -0.2) is 59.0 Å². The van der Waals surface area contributed by atoms with E-state index in [1.807, 2.05) is 37.3 Å². The summed E-state index contributed by atoms with van der Waals surface area (Å²) in [6.07, 6.45) is 1.66. The minimum Gasteiger partial charge on any atom is -0.481 e. The standard InChI is InChI=1S/C29H36Cl2N2O5S/c1-5-23(18-32(4)39(37,38)29(3)13-14-29)33-26(19-9-11-21(30)12-10-19)24(20-7-6-8-22(31)15-20)16-28(2,27(33)36)17-25(34)35/h6-12,15,23-24,26H,5,13-14,16-18H2,1-4H3,(H,34,35). The van der Waals surface area contributed by atoms with Crippen molar-refractivity contribution >= 4 is 45.1 Å². The fourth-order valence-electron chi connectivity index (χ4n) is 5.90. The second-order valence-corrected chi connectivity index (χ2v) is 14.9. The molecule has 7 nitrogen and oxygen atoms in total. The zero-order chi connectivity index (χ0) is 28.8. The third kappa shape index (κ3) is 5.85. The van der Waals surface area contributed by atoms with Gasteiger partial charge in [0, 0.05) is 35.6 Å². The molecule has 1 amide bonds. The number of piperidine rings is 1. The van der Waals surface area contributed by atoms with Gasteiger partial charge in [-0.15, -0.1) is 0 Å². The number of sulfonamides is 1. The first-order valence-corrected chi connectivity index (χ1v) is 15.4. The van der Waals surface area contributed by atoms with Crippen molar-refractivity contribution in [3.8, 4) is 0 Å². The van der Waals surface area contributed by atoms with E-state index in [2.05, 4.69) is 0 Å². The first kappa shape index (κ1) is 29.8. The Hall–Kier alpha value is -2.13. The summed E-state index contributed by atoms with van der Waals surface area (Å²) in [5.74, 6) is -1.64. The first-order chi connectivity index (χ1) is 18.2. The number of carboxylic acids is 1. The summed E-state index contributed by atoms with van der Waals surface area (Å²) in [6.45, 7) is 5.48. The van der Waals surface area contributed by atoms with Crippen LogP contribution in [0.4, 0.5) is 0 Å². The van der Waals surface area contributed by atoms with Gasteiger partial charge in [0.2, 0.25) is 15.9 Å². The van der Waals surface area contributed by atoms with Gasteiger partial charge in [0.15, 0.2) is 0 Å². The Balaban J connectivity index is 1.86. The molecule has 0 radical (unpaired) electrons. The Bertz CT molecular complexity index is 1350. The summed E-state index contributed by atoms with van der Waals surface area (Å²) in [5, 5.41) is 10.9. The van der Waals surface area contributed by atoms with Gasteiger partial charge in [-0.1, -0.05) is 61.3 Å². The summed E-state index contributed by atoms with van der Waals surface area (Å²) in [7, 11) is -2.00. The van der Waals surface area contributed by atoms with Crippen molar-refractivity contribution in [1.29, 1.82) is 0 Å². The number of rotatable bonds is 10. The van der Waals surface area contributed by atoms with Gasteiger partial charge >= 0.3 is 5.97 Å². The molecule has 0 bridgehead atoms. The summed E-state index contributed by atoms with van der Waals surface area (Å²) < 4.78 is 27.3. The third-order valence-electron chi connectivity index (χ3n) is 8.45. The van der Waals surface area contributed by atoms with Gasteiger partial charge in [-0.3, -0.25) is 9.59 Å². The smallest absolute Gasteiger partial charge is 0.304 e. The van der Waals surface area contributed by atoms with Crippen molar-refractivity contribution in [3.05, 3.63) is 69.7 Å². The molecule has 4 unspecified atom stereocenters. The first-order valence-electron chi connectivity index (χ1n) is 13.2. The minimum atomic E-state index is -3.57. The topological polar surface area (TPSA) is 95.0 Å². The number of amides is 1. The maximum Gasteiger partial charge on any atom is 0.304 e. The molecule has 1 saturated carbocycles. The van der Waals surface area contributed by atoms with Crippen LogP contribution in [0.15, 0.2) is 48.5 Å². The van der Waals surface area contributed by atoms with Crippen molar-refractivity contribution in [2.24, 2.45) is 5.41 Å². The van der Waals surface area contributed by atoms with Crippen LogP contribution in [0.1, 0.15) is 76.0 Å². The molecule has 39 heavy (non-hydrogen) atoms. The predicted octanol–water partition coefficient (Wildman–Crippen LogP) is 6.12. The SMILES string of the molecule is CCC(CN(C)S(=O)(=O)C1(C)CC1)N1C(=O)C(C)(CC(=O)O)CC(c2cccc(Cl)c2)C1c1ccc(Cl)cc1. The molecular weight excluding hydrogens is 559 g/mol. The third-order valence-corrected chi connectivity index (χ3v) is 11.6. The summed E-state index contributed by atoms with van der Waals surface area (Å²) in [5.41, 5.74) is 0.529. The highest BCUT2D eigenvalue weighted by atomic mass is 35.5. The molecule has 1 N–H and O–H groups in total. The largest absolute Gasteiger partial charge is 0.481 e. The molecule has 1 saturated heterocycles. The van der Waals surface area contributed by atoms with Crippen LogP contribution in [-0.2, 0) is 19.6 Å². The lowest BCUT2D eigenvalue weighted by Crippen LogP contribution is -2.58. The molecule has 4 atom stereocenters. The Morgan fingerprint density at radius 1 is 1.10 bits per heavy atom. The van der Waals surface area contributed by atoms with E-state index in [1.165, 1.54) is 4.31 Å². The van der Waals surface area contributed by atoms with Crippen LogP contribution in [0.2, 0.25) is 10.0 Å². The number of likely N-dealkylation sites (tertiary alicyclic amines) is 1. The lowest BCUT2D eigenvalue weighted by atomic mass is 9.67. The van der Waals surface area contributed by atoms with Gasteiger partial charge < -0.3 is 10.0 Å². The number of carboxylic acid groups (broad SMARTS) is 1. The van der Waals surface area contributed by atoms with E-state index in [1.54, 1.807) is 44.0 Å². The molecule has 4 rings (SSSR count). The minimum absolute atomic E-state index is 0.107. The molecule has 1 heterocycles. The number of carbonyl (C=O) groups is 2. The highest BCUT2D eigenvalue weighted by molar-refractivity contribution is 7.90. The van der Waals surface area contributed by atoms with Crippen molar-refractivity contribution in [2.45, 2.75) is 75.6 Å². The number of nitrogens with zero attached hydrogens (tertiary/aromatic N) is 2. The number of aliphatic carboxylic acids is 1. The maximum absolute atomic E-state index is 14.4. The maximum atomic E-state index is 14.4. The summed E-state index contributed by atoms with van der Waals surface area (Å²) in [4.78, 5) is 28.1. The van der Waals surface area contributed by atoms with E-state index < -0.39 is 38.2 Å². The monoisotopic (exact) mass is 594 g/mol. The van der Waals surface area contributed by atoms with Gasteiger partial charge in [-0.05, 0) is 68.0 Å². The Morgan fingerprint density at radius 2 is 1.74 bits per heavy atom. The average Bonchev–Trinajstić information content (AvgIpc) is 3.63. The molecule has 0 spiro atoms. The van der Waals surface area contributed by atoms with E-state index in [9.17, 15) is 23.1 Å². The quantitative estimate of drug-likeness (QED) is 0.357. The molecule has 2 aromatic carbocycles. The molecule has 1 aliphatic carbocycles. The van der Waals surface area contributed by atoms with Gasteiger partial charge in [-0.2, -0.15) is 0 Å². The fourth-order valence-corrected chi connectivity index (χ4v) is 7.96. The number of hydrogen-bond donors (Lipinski definition) is 1. The van der Waals surface area contributed by atoms with Crippen molar-refractivity contribution in [3.63, 3.8) is 0 Å². The molecule has 10 heteroatoms. The normalized spacial score (nSPS) is 25.5. The van der Waals surface area contributed by atoms with Gasteiger partial charge in [0.1, 0.15) is 0 Å². The molecule has 212 valence electrons. The van der Waals surface area contributed by atoms with Crippen LogP contribution in [0.25, 0.3) is 0 Å². The molecular formula is C29H36Cl2N2O5S. The van der Waals surface area contributed by atoms with Crippen LogP contribution >= 0.6 is 23.2 Å². The van der Waals surface area contributed by atoms with Crippen LogP contribution in [0.5, 0.6) is 0 Å². The molecule has 1 aliphatic heterocycles. The molecule has 2 fully saturated rings. The van der Waals surface area contributed by atoms with E-state index in [0.29, 0.717) is 35.7 Å². The number of hydrogen-bond acceptors (Lipinski definition) is 4. The van der Waals surface area contributed by atoms with Crippen molar-refractivity contribution in [1.82, 2.24) is 9.21 Å². The Morgan fingerprint density at radius 3 is 2.28 bits per heavy atom. The zero-order valence-corrected chi connectivity index (χ0v) is 25.1. The Labute approximate surface area is 241 Å². The average molecular weight is 596 g/mol. The van der Waals surface area contributed by atoms with Gasteiger partial charge in [-0.25, -0.2) is 12.7 Å². The van der Waals surface area contributed by atoms with Gasteiger partial charge in [0.05, 0.1) is 22.6 Å². The molecule has 2 aromatic rings. The Kier molecular flexibility index (Phi) is 8.44. The zero-order valence-electron chi connectivity index (χ0n) is 22.7. The van der Waals surface area contributed by atoms with Crippen molar-refractivity contribution < 1.29 is 23.1 Å². The van der Waals surface area contributed by atoms with E-state index in [4.69, 9.17) is 23.2 Å². The number of carbonyl (C=O) groups excluding carboxylic acids is 1. The number of benzene rings is 2. The lowest BCUT2D eigenvalue weighted by Gasteiger charge is -2.52. The predicted molar refractivity (Wildman–Crippen MR) is 153 cm³/mol. The van der Waals surface area contributed by atoms with E-state index in [-0.39, 0.29) is 24.8 Å². The number of halogens is 2. The van der Waals surface area contributed by atoms with Gasteiger partial charge in [0.25, 0.3) is 0 Å². The van der Waals surface area contributed by atoms with Crippen LogP contribution in [0, 0.1) is 5.41 Å².